The molecule has 0 aliphatic rings. The Hall–Kier alpha value is -1.62. The largest absolute Gasteiger partial charge is 0.456 e. The van der Waals surface area contributed by atoms with E-state index in [1.165, 1.54) is 0 Å². The van der Waals surface area contributed by atoms with Crippen molar-refractivity contribution in [2.45, 2.75) is 0 Å². The van der Waals surface area contributed by atoms with Gasteiger partial charge in [-0.05, 0) is 30.3 Å². The van der Waals surface area contributed by atoms with Gasteiger partial charge in [-0.25, -0.2) is 0 Å². The van der Waals surface area contributed by atoms with Crippen LogP contribution in [-0.2, 0) is 0 Å². The van der Waals surface area contributed by atoms with Gasteiger partial charge in [-0.1, -0.05) is 40.0 Å². The number of nitrogens with two attached hydrogens (primary N) is 1. The van der Waals surface area contributed by atoms with Crippen LogP contribution in [0.4, 0.5) is 0 Å². The molecule has 0 radical (unpaired) electrons. The number of hydrogen-bond donors (Lipinski definition) is 2. The highest BCUT2D eigenvalue weighted by Crippen LogP contribution is 2.31. The van der Waals surface area contributed by atoms with Crippen molar-refractivity contribution in [3.8, 4) is 11.5 Å². The van der Waals surface area contributed by atoms with Gasteiger partial charge >= 0.3 is 0 Å². The minimum absolute atomic E-state index is 0.0928. The molecule has 0 aromatic heterocycles. The zero-order valence-corrected chi connectivity index (χ0v) is 12.2. The number of benzene rings is 2. The topological polar surface area (TPSA) is 67.8 Å². The Balaban J connectivity index is 2.44. The molecule has 4 nitrogen and oxygen atoms in total. The Morgan fingerprint density at radius 3 is 2.25 bits per heavy atom. The normalized spacial score (nSPS) is 11.4. The Labute approximate surface area is 130 Å². The molecule has 2 aromatic rings. The van der Waals surface area contributed by atoms with E-state index in [0.29, 0.717) is 32.1 Å². The molecule has 0 unspecified atom stereocenters. The second-order valence-corrected chi connectivity index (χ2v) is 5.14. The molecule has 104 valence electrons. The highest BCUT2D eigenvalue weighted by Gasteiger charge is 2.11. The summed E-state index contributed by atoms with van der Waals surface area (Å²) in [5.41, 5.74) is 5.98. The third-order valence-corrected chi connectivity index (χ3v) is 3.06. The van der Waals surface area contributed by atoms with Crippen molar-refractivity contribution in [1.29, 1.82) is 0 Å². The summed E-state index contributed by atoms with van der Waals surface area (Å²) in [7, 11) is 0. The van der Waals surface area contributed by atoms with Gasteiger partial charge in [0, 0.05) is 21.1 Å². The van der Waals surface area contributed by atoms with Gasteiger partial charge in [0.05, 0.1) is 5.56 Å². The highest BCUT2D eigenvalue weighted by molar-refractivity contribution is 6.34. The summed E-state index contributed by atoms with van der Waals surface area (Å²) in [4.78, 5) is 0. The number of hydrogen-bond acceptors (Lipinski definition) is 3. The Morgan fingerprint density at radius 2 is 1.65 bits per heavy atom. The molecule has 0 bridgehead atoms. The first-order chi connectivity index (χ1) is 9.49. The van der Waals surface area contributed by atoms with Gasteiger partial charge in [0.25, 0.3) is 0 Å². The fourth-order valence-corrected chi connectivity index (χ4v) is 2.23. The minimum Gasteiger partial charge on any atom is -0.456 e. The average molecular weight is 332 g/mol. The van der Waals surface area contributed by atoms with Crippen molar-refractivity contribution in [3.63, 3.8) is 0 Å². The first-order valence-electron chi connectivity index (χ1n) is 5.41. The zero-order valence-electron chi connectivity index (χ0n) is 9.98. The maximum absolute atomic E-state index is 8.77. The highest BCUT2D eigenvalue weighted by atomic mass is 35.5. The van der Waals surface area contributed by atoms with E-state index in [1.54, 1.807) is 36.4 Å². The quantitative estimate of drug-likeness (QED) is 0.376. The molecular formula is C13H9Cl3N2O2. The molecular weight excluding hydrogens is 323 g/mol. The van der Waals surface area contributed by atoms with E-state index in [9.17, 15) is 0 Å². The minimum atomic E-state index is -0.0928. The van der Waals surface area contributed by atoms with E-state index >= 15 is 0 Å². The van der Waals surface area contributed by atoms with Gasteiger partial charge in [-0.15, -0.1) is 0 Å². The van der Waals surface area contributed by atoms with Crippen LogP contribution in [0.15, 0.2) is 41.6 Å². The predicted molar refractivity (Wildman–Crippen MR) is 80.5 cm³/mol. The maximum atomic E-state index is 8.77. The number of amidine groups is 1. The van der Waals surface area contributed by atoms with Gasteiger partial charge in [0.1, 0.15) is 11.5 Å². The van der Waals surface area contributed by atoms with Crippen LogP contribution in [0.2, 0.25) is 15.1 Å². The monoisotopic (exact) mass is 330 g/mol. The van der Waals surface area contributed by atoms with E-state index in [0.717, 1.165) is 0 Å². The molecule has 0 aliphatic heterocycles. The molecule has 0 spiro atoms. The van der Waals surface area contributed by atoms with E-state index in [2.05, 4.69) is 5.16 Å². The second kappa shape index (κ2) is 6.22. The number of halogens is 3. The van der Waals surface area contributed by atoms with Gasteiger partial charge < -0.3 is 15.7 Å². The Bertz CT molecular complexity index is 654. The molecule has 0 saturated carbocycles. The fraction of sp³-hybridized carbons (Fsp3) is 0. The first-order valence-corrected chi connectivity index (χ1v) is 6.54. The predicted octanol–water partition coefficient (Wildman–Crippen LogP) is 4.53. The average Bonchev–Trinajstić information content (AvgIpc) is 2.37. The summed E-state index contributed by atoms with van der Waals surface area (Å²) in [5, 5.41) is 13.0. The molecule has 0 atom stereocenters. The lowest BCUT2D eigenvalue weighted by atomic mass is 10.2. The van der Waals surface area contributed by atoms with Crippen LogP contribution >= 0.6 is 34.8 Å². The summed E-state index contributed by atoms with van der Waals surface area (Å²) in [6, 6.07) is 9.49. The smallest absolute Gasteiger partial charge is 0.173 e. The molecule has 0 aliphatic carbocycles. The van der Waals surface area contributed by atoms with Crippen LogP contribution in [-0.4, -0.2) is 11.0 Å². The fourth-order valence-electron chi connectivity index (χ4n) is 1.56. The lowest BCUT2D eigenvalue weighted by Gasteiger charge is -2.11. The van der Waals surface area contributed by atoms with Gasteiger partial charge in [-0.2, -0.15) is 0 Å². The second-order valence-electron chi connectivity index (χ2n) is 3.83. The molecule has 3 N–H and O–H groups in total. The van der Waals surface area contributed by atoms with E-state index in [1.807, 2.05) is 0 Å². The van der Waals surface area contributed by atoms with Crippen LogP contribution in [0.3, 0.4) is 0 Å². The van der Waals surface area contributed by atoms with Crippen molar-refractivity contribution < 1.29 is 9.94 Å². The molecule has 7 heteroatoms. The third-order valence-electron chi connectivity index (χ3n) is 2.39. The molecule has 20 heavy (non-hydrogen) atoms. The van der Waals surface area contributed by atoms with Crippen molar-refractivity contribution in [2.75, 3.05) is 0 Å². The van der Waals surface area contributed by atoms with Crippen LogP contribution in [0.5, 0.6) is 11.5 Å². The van der Waals surface area contributed by atoms with E-state index in [4.69, 9.17) is 50.5 Å². The first kappa shape index (κ1) is 14.8. The van der Waals surface area contributed by atoms with Gasteiger partial charge in [0.15, 0.2) is 5.84 Å². The van der Waals surface area contributed by atoms with Crippen molar-refractivity contribution in [1.82, 2.24) is 0 Å². The van der Waals surface area contributed by atoms with E-state index < -0.39 is 0 Å². The number of oxime groups is 1. The summed E-state index contributed by atoms with van der Waals surface area (Å²) >= 11 is 17.7. The van der Waals surface area contributed by atoms with Crippen LogP contribution in [0.25, 0.3) is 0 Å². The van der Waals surface area contributed by atoms with Crippen molar-refractivity contribution in [3.05, 3.63) is 57.0 Å². The number of nitrogens with zero attached hydrogens (tertiary/aromatic N) is 1. The SMILES string of the molecule is NC(=NO)c1ccc(Cl)cc1Oc1cc(Cl)cc(Cl)c1. The molecule has 0 heterocycles. The van der Waals surface area contributed by atoms with Crippen LogP contribution in [0, 0.1) is 0 Å². The lowest BCUT2D eigenvalue weighted by Crippen LogP contribution is -2.14. The van der Waals surface area contributed by atoms with Gasteiger partial charge in [-0.3, -0.25) is 0 Å². The molecule has 2 rings (SSSR count). The summed E-state index contributed by atoms with van der Waals surface area (Å²) in [5.74, 6) is 0.646. The lowest BCUT2D eigenvalue weighted by molar-refractivity contribution is 0.318. The molecule has 0 saturated heterocycles. The van der Waals surface area contributed by atoms with Crippen molar-refractivity contribution in [2.24, 2.45) is 10.9 Å². The zero-order chi connectivity index (χ0) is 14.7. The van der Waals surface area contributed by atoms with Crippen LogP contribution in [0.1, 0.15) is 5.56 Å². The standard InChI is InChI=1S/C13H9Cl3N2O2/c14-7-1-2-11(13(17)18-19)12(6-7)20-10-4-8(15)3-9(16)5-10/h1-6,19H,(H2,17,18). The molecule has 0 fully saturated rings. The summed E-state index contributed by atoms with van der Waals surface area (Å²) < 4.78 is 5.65. The van der Waals surface area contributed by atoms with E-state index in [-0.39, 0.29) is 5.84 Å². The summed E-state index contributed by atoms with van der Waals surface area (Å²) in [6.45, 7) is 0. The molecule has 2 aromatic carbocycles. The van der Waals surface area contributed by atoms with Gasteiger partial charge in [0.2, 0.25) is 0 Å². The number of rotatable bonds is 3. The summed E-state index contributed by atoms with van der Waals surface area (Å²) in [6.07, 6.45) is 0. The maximum Gasteiger partial charge on any atom is 0.173 e. The van der Waals surface area contributed by atoms with Crippen molar-refractivity contribution >= 4 is 40.6 Å². The Morgan fingerprint density at radius 1 is 1.00 bits per heavy atom. The third kappa shape index (κ3) is 3.48. The molecule has 0 amide bonds. The van der Waals surface area contributed by atoms with Crippen LogP contribution < -0.4 is 10.5 Å². The number of ether oxygens (including phenoxy) is 1. The Kier molecular flexibility index (Phi) is 4.60.